The fraction of sp³-hybridized carbons (Fsp3) is 0.182. The van der Waals surface area contributed by atoms with Crippen molar-refractivity contribution >= 4 is 66.0 Å². The Bertz CT molecular complexity index is 603. The molecule has 0 aliphatic heterocycles. The molecule has 1 N–H and O–H groups in total. The van der Waals surface area contributed by atoms with Gasteiger partial charge in [-0.2, -0.15) is 0 Å². The molecule has 2 rings (SSSR count). The van der Waals surface area contributed by atoms with E-state index in [1.165, 1.54) is 11.3 Å². The summed E-state index contributed by atoms with van der Waals surface area (Å²) in [6.45, 7) is 2.04. The van der Waals surface area contributed by atoms with Crippen LogP contribution < -0.4 is 5.32 Å². The Morgan fingerprint density at radius 1 is 1.42 bits per heavy atom. The molecule has 0 atom stereocenters. The third kappa shape index (κ3) is 4.01. The summed E-state index contributed by atoms with van der Waals surface area (Å²) < 4.78 is 2.49. The molecular weight excluding hydrogens is 414 g/mol. The van der Waals surface area contributed by atoms with Crippen LogP contribution >= 0.6 is 55.0 Å². The zero-order valence-corrected chi connectivity index (χ0v) is 14.6. The largest absolute Gasteiger partial charge is 0.296 e. The average Bonchev–Trinajstić information content (AvgIpc) is 2.76. The summed E-state index contributed by atoms with van der Waals surface area (Å²) in [5.74, 6) is 0.726. The number of nitrogens with zero attached hydrogens (tertiary/aromatic N) is 2. The van der Waals surface area contributed by atoms with Gasteiger partial charge in [-0.05, 0) is 39.9 Å². The molecule has 19 heavy (non-hydrogen) atoms. The second-order valence-electron chi connectivity index (χ2n) is 3.38. The first-order valence-corrected chi connectivity index (χ1v) is 8.71. The number of hydrogen-bond donors (Lipinski definition) is 1. The van der Waals surface area contributed by atoms with E-state index in [1.807, 2.05) is 19.1 Å². The molecule has 0 saturated carbocycles. The minimum Gasteiger partial charge on any atom is -0.296 e. The van der Waals surface area contributed by atoms with Crippen molar-refractivity contribution in [1.29, 1.82) is 0 Å². The third-order valence-corrected chi connectivity index (χ3v) is 5.07. The Kier molecular flexibility index (Phi) is 5.37. The van der Waals surface area contributed by atoms with Gasteiger partial charge in [0.25, 0.3) is 5.91 Å². The molecule has 1 heterocycles. The number of hydrogen-bond acceptors (Lipinski definition) is 5. The van der Waals surface area contributed by atoms with Gasteiger partial charge in [0, 0.05) is 8.95 Å². The van der Waals surface area contributed by atoms with E-state index in [-0.39, 0.29) is 5.91 Å². The summed E-state index contributed by atoms with van der Waals surface area (Å²) in [5.41, 5.74) is 0.558. The zero-order chi connectivity index (χ0) is 13.8. The molecule has 2 aromatic rings. The summed E-state index contributed by atoms with van der Waals surface area (Å²) in [6.07, 6.45) is 0. The van der Waals surface area contributed by atoms with Gasteiger partial charge in [0.05, 0.1) is 5.56 Å². The minimum absolute atomic E-state index is 0.205. The second-order valence-corrected chi connectivity index (χ2v) is 7.64. The molecule has 4 nitrogen and oxygen atoms in total. The van der Waals surface area contributed by atoms with Crippen molar-refractivity contribution in [3.63, 3.8) is 0 Å². The van der Waals surface area contributed by atoms with Gasteiger partial charge in [0.2, 0.25) is 5.13 Å². The van der Waals surface area contributed by atoms with E-state index in [4.69, 9.17) is 0 Å². The van der Waals surface area contributed by atoms with E-state index in [9.17, 15) is 4.79 Å². The van der Waals surface area contributed by atoms with Crippen LogP contribution in [0.5, 0.6) is 0 Å². The lowest BCUT2D eigenvalue weighted by atomic mass is 10.2. The van der Waals surface area contributed by atoms with E-state index < -0.39 is 0 Å². The number of nitrogens with one attached hydrogen (secondary N) is 1. The maximum atomic E-state index is 12.1. The van der Waals surface area contributed by atoms with Crippen LogP contribution in [-0.2, 0) is 0 Å². The number of rotatable bonds is 4. The molecular formula is C11H9Br2N3OS2. The highest BCUT2D eigenvalue weighted by molar-refractivity contribution is 9.11. The summed E-state index contributed by atoms with van der Waals surface area (Å²) in [7, 11) is 0. The van der Waals surface area contributed by atoms with Crippen molar-refractivity contribution in [2.24, 2.45) is 0 Å². The molecule has 1 aromatic heterocycles. The molecule has 0 radical (unpaired) electrons. The Balaban J connectivity index is 2.11. The first-order valence-electron chi connectivity index (χ1n) is 5.33. The summed E-state index contributed by atoms with van der Waals surface area (Å²) in [4.78, 5) is 12.1. The molecule has 0 unspecified atom stereocenters. The maximum Gasteiger partial charge on any atom is 0.258 e. The van der Waals surface area contributed by atoms with E-state index in [0.717, 1.165) is 19.0 Å². The van der Waals surface area contributed by atoms with Crippen molar-refractivity contribution < 1.29 is 4.79 Å². The summed E-state index contributed by atoms with van der Waals surface area (Å²) >= 11 is 9.69. The van der Waals surface area contributed by atoms with Gasteiger partial charge in [-0.25, -0.2) is 0 Å². The predicted molar refractivity (Wildman–Crippen MR) is 86.1 cm³/mol. The molecule has 100 valence electrons. The fourth-order valence-electron chi connectivity index (χ4n) is 1.28. The van der Waals surface area contributed by atoms with Crippen LogP contribution in [0.25, 0.3) is 0 Å². The van der Waals surface area contributed by atoms with Crippen LogP contribution in [0.15, 0.2) is 31.5 Å². The van der Waals surface area contributed by atoms with Gasteiger partial charge >= 0.3 is 0 Å². The normalized spacial score (nSPS) is 10.5. The van der Waals surface area contributed by atoms with E-state index in [1.54, 1.807) is 17.8 Å². The highest BCUT2D eigenvalue weighted by Crippen LogP contribution is 2.27. The van der Waals surface area contributed by atoms with E-state index in [2.05, 4.69) is 47.4 Å². The number of amides is 1. The Labute approximate surface area is 135 Å². The molecule has 0 spiro atoms. The van der Waals surface area contributed by atoms with Gasteiger partial charge in [0.15, 0.2) is 4.34 Å². The molecule has 1 amide bonds. The average molecular weight is 423 g/mol. The number of carbonyl (C=O) groups excluding carboxylic acids is 1. The maximum absolute atomic E-state index is 12.1. The molecule has 0 aliphatic rings. The van der Waals surface area contributed by atoms with Crippen LogP contribution in [0, 0.1) is 0 Å². The number of carbonyl (C=O) groups is 1. The number of anilines is 1. The van der Waals surface area contributed by atoms with Crippen LogP contribution in [-0.4, -0.2) is 21.9 Å². The van der Waals surface area contributed by atoms with Crippen LogP contribution in [0.3, 0.4) is 0 Å². The van der Waals surface area contributed by atoms with Gasteiger partial charge in [-0.15, -0.1) is 10.2 Å². The van der Waals surface area contributed by atoms with Gasteiger partial charge < -0.3 is 0 Å². The Hall–Kier alpha value is -0.440. The fourth-order valence-corrected chi connectivity index (χ4v) is 4.15. The van der Waals surface area contributed by atoms with Crippen LogP contribution in [0.4, 0.5) is 5.13 Å². The quantitative estimate of drug-likeness (QED) is 0.584. The predicted octanol–water partition coefficient (Wildman–Crippen LogP) is 4.43. The number of aromatic nitrogens is 2. The third-order valence-electron chi connectivity index (χ3n) is 2.07. The lowest BCUT2D eigenvalue weighted by Crippen LogP contribution is -2.12. The zero-order valence-electron chi connectivity index (χ0n) is 9.81. The van der Waals surface area contributed by atoms with Crippen molar-refractivity contribution in [2.45, 2.75) is 11.3 Å². The minimum atomic E-state index is -0.205. The molecule has 0 saturated heterocycles. The Morgan fingerprint density at radius 3 is 2.89 bits per heavy atom. The monoisotopic (exact) mass is 421 g/mol. The molecule has 0 aliphatic carbocycles. The standard InChI is InChI=1S/C11H9Br2N3OS2/c1-2-18-11-16-15-10(19-11)14-9(17)7-4-3-6(12)5-8(7)13/h3-5H,2H2,1H3,(H,14,15,17). The highest BCUT2D eigenvalue weighted by atomic mass is 79.9. The number of benzene rings is 1. The molecule has 8 heteroatoms. The number of thioether (sulfide) groups is 1. The van der Waals surface area contributed by atoms with Crippen LogP contribution in [0.1, 0.15) is 17.3 Å². The van der Waals surface area contributed by atoms with Crippen molar-refractivity contribution in [1.82, 2.24) is 10.2 Å². The van der Waals surface area contributed by atoms with Crippen LogP contribution in [0.2, 0.25) is 0 Å². The molecule has 0 fully saturated rings. The summed E-state index contributed by atoms with van der Waals surface area (Å²) in [6, 6.07) is 5.39. The Morgan fingerprint density at radius 2 is 2.21 bits per heavy atom. The SMILES string of the molecule is CCSc1nnc(NC(=O)c2ccc(Br)cc2Br)s1. The summed E-state index contributed by atoms with van der Waals surface area (Å²) in [5, 5.41) is 11.2. The number of halogens is 2. The first kappa shape index (κ1) is 15.0. The van der Waals surface area contributed by atoms with Gasteiger partial charge in [0.1, 0.15) is 0 Å². The smallest absolute Gasteiger partial charge is 0.258 e. The van der Waals surface area contributed by atoms with Gasteiger partial charge in [-0.1, -0.05) is 46.0 Å². The van der Waals surface area contributed by atoms with E-state index >= 15 is 0 Å². The topological polar surface area (TPSA) is 54.9 Å². The second kappa shape index (κ2) is 6.83. The molecule has 1 aromatic carbocycles. The molecule has 0 bridgehead atoms. The lowest BCUT2D eigenvalue weighted by Gasteiger charge is -2.04. The van der Waals surface area contributed by atoms with Gasteiger partial charge in [-0.3, -0.25) is 10.1 Å². The van der Waals surface area contributed by atoms with Crippen molar-refractivity contribution in [3.05, 3.63) is 32.7 Å². The lowest BCUT2D eigenvalue weighted by molar-refractivity contribution is 0.102. The van der Waals surface area contributed by atoms with E-state index in [0.29, 0.717) is 10.7 Å². The van der Waals surface area contributed by atoms with Crippen molar-refractivity contribution in [3.8, 4) is 0 Å². The van der Waals surface area contributed by atoms with Crippen molar-refractivity contribution in [2.75, 3.05) is 11.1 Å². The highest BCUT2D eigenvalue weighted by Gasteiger charge is 2.13. The first-order chi connectivity index (χ1) is 9.10.